The highest BCUT2D eigenvalue weighted by Crippen LogP contribution is 2.27. The van der Waals surface area contributed by atoms with Gasteiger partial charge in [0.25, 0.3) is 5.91 Å². The van der Waals surface area contributed by atoms with E-state index in [0.29, 0.717) is 30.1 Å². The Bertz CT molecular complexity index is 1110. The maximum Gasteiger partial charge on any atom is 0.268 e. The van der Waals surface area contributed by atoms with E-state index in [1.165, 1.54) is 0 Å². The van der Waals surface area contributed by atoms with Crippen LogP contribution in [0.1, 0.15) is 61.6 Å². The number of nitrogens with zero attached hydrogens (tertiary/aromatic N) is 1. The van der Waals surface area contributed by atoms with Crippen LogP contribution in [0.3, 0.4) is 0 Å². The van der Waals surface area contributed by atoms with Gasteiger partial charge in [0.15, 0.2) is 5.78 Å². The highest BCUT2D eigenvalue weighted by atomic mass is 16.5. The van der Waals surface area contributed by atoms with Crippen LogP contribution in [0.25, 0.3) is 0 Å². The van der Waals surface area contributed by atoms with Crippen LogP contribution in [-0.4, -0.2) is 21.7 Å². The fourth-order valence-corrected chi connectivity index (χ4v) is 3.78. The van der Waals surface area contributed by atoms with Gasteiger partial charge in [0.1, 0.15) is 11.4 Å². The lowest BCUT2D eigenvalue weighted by molar-refractivity contribution is 0.0945. The number of carbonyl (C=O) groups is 2. The van der Waals surface area contributed by atoms with Crippen LogP contribution in [0.15, 0.2) is 36.5 Å². The molecular formula is C24H25N3O3. The minimum absolute atomic E-state index is 0.118. The number of hydrogen-bond donors (Lipinski definition) is 2. The third-order valence-electron chi connectivity index (χ3n) is 5.47. The van der Waals surface area contributed by atoms with Gasteiger partial charge in [0.2, 0.25) is 5.88 Å². The Morgan fingerprint density at radius 2 is 2.00 bits per heavy atom. The molecule has 154 valence electrons. The first kappa shape index (κ1) is 19.9. The van der Waals surface area contributed by atoms with E-state index in [-0.39, 0.29) is 11.7 Å². The molecule has 0 fully saturated rings. The number of nitrogens with one attached hydrogen (secondary N) is 2. The topological polar surface area (TPSA) is 84.1 Å². The molecule has 0 spiro atoms. The zero-order valence-corrected chi connectivity index (χ0v) is 17.5. The normalized spacial score (nSPS) is 13.1. The Labute approximate surface area is 175 Å². The maximum absolute atomic E-state index is 12.6. The summed E-state index contributed by atoms with van der Waals surface area (Å²) in [6, 6.07) is 9.71. The molecule has 6 nitrogen and oxygen atoms in total. The minimum atomic E-state index is -0.217. The lowest BCUT2D eigenvalue weighted by Gasteiger charge is -2.10. The Kier molecular flexibility index (Phi) is 5.40. The molecule has 2 aromatic heterocycles. The first-order valence-corrected chi connectivity index (χ1v) is 10.1. The third kappa shape index (κ3) is 3.99. The molecule has 2 N–H and O–H groups in total. The molecule has 30 heavy (non-hydrogen) atoms. The predicted molar refractivity (Wildman–Crippen MR) is 114 cm³/mol. The fraction of sp³-hybridized carbons (Fsp3) is 0.292. The van der Waals surface area contributed by atoms with Crippen molar-refractivity contribution in [1.29, 1.82) is 0 Å². The van der Waals surface area contributed by atoms with Gasteiger partial charge in [0, 0.05) is 36.5 Å². The second-order valence-corrected chi connectivity index (χ2v) is 7.81. The van der Waals surface area contributed by atoms with Crippen molar-refractivity contribution in [3.8, 4) is 11.6 Å². The van der Waals surface area contributed by atoms with Gasteiger partial charge in [-0.3, -0.25) is 9.59 Å². The summed E-state index contributed by atoms with van der Waals surface area (Å²) in [6.07, 6.45) is 3.88. The summed E-state index contributed by atoms with van der Waals surface area (Å²) in [4.78, 5) is 32.3. The largest absolute Gasteiger partial charge is 0.439 e. The molecule has 3 aromatic rings. The number of carbonyl (C=O) groups excluding carboxylic acids is 2. The summed E-state index contributed by atoms with van der Waals surface area (Å²) in [5, 5.41) is 2.90. The number of hydrogen-bond acceptors (Lipinski definition) is 4. The maximum atomic E-state index is 12.6. The summed E-state index contributed by atoms with van der Waals surface area (Å²) in [7, 11) is 0. The summed E-state index contributed by atoms with van der Waals surface area (Å²) in [5.41, 5.74) is 5.81. The molecule has 0 unspecified atom stereocenters. The Hall–Kier alpha value is -3.41. The molecular weight excluding hydrogens is 378 g/mol. The van der Waals surface area contributed by atoms with Crippen LogP contribution in [0, 0.1) is 20.8 Å². The van der Waals surface area contributed by atoms with E-state index in [0.717, 1.165) is 46.5 Å². The molecule has 0 radical (unpaired) electrons. The van der Waals surface area contributed by atoms with Crippen molar-refractivity contribution in [3.05, 3.63) is 75.7 Å². The molecule has 0 aliphatic heterocycles. The van der Waals surface area contributed by atoms with E-state index >= 15 is 0 Å². The number of rotatable bonds is 5. The summed E-state index contributed by atoms with van der Waals surface area (Å²) < 4.78 is 5.88. The van der Waals surface area contributed by atoms with Gasteiger partial charge in [-0.15, -0.1) is 0 Å². The van der Waals surface area contributed by atoms with Gasteiger partial charge in [-0.2, -0.15) is 0 Å². The average molecular weight is 403 g/mol. The highest BCUT2D eigenvalue weighted by molar-refractivity contribution is 6.04. The Morgan fingerprint density at radius 3 is 2.73 bits per heavy atom. The second-order valence-electron chi connectivity index (χ2n) is 7.81. The number of aromatic nitrogens is 2. The van der Waals surface area contributed by atoms with Gasteiger partial charge < -0.3 is 15.0 Å². The van der Waals surface area contributed by atoms with E-state index in [9.17, 15) is 9.59 Å². The number of fused-ring (bicyclic) bond motifs is 1. The zero-order chi connectivity index (χ0) is 21.3. The second kappa shape index (κ2) is 8.14. The molecule has 0 atom stereocenters. The first-order valence-electron chi connectivity index (χ1n) is 10.1. The summed E-state index contributed by atoms with van der Waals surface area (Å²) >= 11 is 0. The van der Waals surface area contributed by atoms with Crippen LogP contribution in [0.2, 0.25) is 0 Å². The smallest absolute Gasteiger partial charge is 0.268 e. The van der Waals surface area contributed by atoms with Gasteiger partial charge in [0.05, 0.1) is 0 Å². The number of Topliss-reactive ketones (excluding diaryl/α,β-unsaturated/α-hetero) is 1. The van der Waals surface area contributed by atoms with Crippen molar-refractivity contribution in [2.24, 2.45) is 0 Å². The van der Waals surface area contributed by atoms with Crippen molar-refractivity contribution < 1.29 is 14.3 Å². The summed E-state index contributed by atoms with van der Waals surface area (Å²) in [5.74, 6) is 1.19. The summed E-state index contributed by atoms with van der Waals surface area (Å²) in [6.45, 7) is 6.18. The van der Waals surface area contributed by atoms with Gasteiger partial charge >= 0.3 is 0 Å². The zero-order valence-electron chi connectivity index (χ0n) is 17.5. The van der Waals surface area contributed by atoms with Crippen molar-refractivity contribution in [2.75, 3.05) is 0 Å². The van der Waals surface area contributed by atoms with Crippen molar-refractivity contribution in [1.82, 2.24) is 15.3 Å². The Morgan fingerprint density at radius 1 is 1.17 bits per heavy atom. The fourth-order valence-electron chi connectivity index (χ4n) is 3.78. The van der Waals surface area contributed by atoms with E-state index in [4.69, 9.17) is 4.74 Å². The van der Waals surface area contributed by atoms with E-state index < -0.39 is 0 Å². The van der Waals surface area contributed by atoms with Crippen LogP contribution >= 0.6 is 0 Å². The monoisotopic (exact) mass is 403 g/mol. The number of benzene rings is 1. The van der Waals surface area contributed by atoms with Crippen LogP contribution < -0.4 is 10.1 Å². The number of aryl methyl sites for hydroxylation is 3. The van der Waals surface area contributed by atoms with Crippen LogP contribution in [0.4, 0.5) is 0 Å². The molecule has 4 rings (SSSR count). The van der Waals surface area contributed by atoms with Gasteiger partial charge in [-0.25, -0.2) is 4.98 Å². The molecule has 2 heterocycles. The van der Waals surface area contributed by atoms with Crippen LogP contribution in [0.5, 0.6) is 11.6 Å². The lowest BCUT2D eigenvalue weighted by Crippen LogP contribution is -2.24. The Balaban J connectivity index is 1.40. The van der Waals surface area contributed by atoms with Crippen molar-refractivity contribution >= 4 is 11.7 Å². The number of ether oxygens (including phenoxy) is 1. The molecule has 0 bridgehead atoms. The highest BCUT2D eigenvalue weighted by Gasteiger charge is 2.26. The molecule has 0 saturated heterocycles. The number of amides is 1. The molecule has 1 aliphatic carbocycles. The van der Waals surface area contributed by atoms with Crippen LogP contribution in [-0.2, 0) is 13.0 Å². The SMILES string of the molecule is Cc1ccc(C)c(Oc2ccc(CNC(=O)c3[nH]c4c(c3C)C(=O)CCC4)cn2)c1. The van der Waals surface area contributed by atoms with E-state index in [1.54, 1.807) is 12.3 Å². The average Bonchev–Trinajstić information content (AvgIpc) is 3.08. The lowest BCUT2D eigenvalue weighted by atomic mass is 9.94. The van der Waals surface area contributed by atoms with Gasteiger partial charge in [-0.1, -0.05) is 18.2 Å². The number of pyridine rings is 1. The van der Waals surface area contributed by atoms with Crippen molar-refractivity contribution in [2.45, 2.75) is 46.6 Å². The van der Waals surface area contributed by atoms with E-state index in [2.05, 4.69) is 15.3 Å². The van der Waals surface area contributed by atoms with Crippen molar-refractivity contribution in [3.63, 3.8) is 0 Å². The minimum Gasteiger partial charge on any atom is -0.439 e. The molecule has 6 heteroatoms. The number of H-pyrrole nitrogens is 1. The van der Waals surface area contributed by atoms with Gasteiger partial charge in [-0.05, 0) is 61.9 Å². The third-order valence-corrected chi connectivity index (χ3v) is 5.47. The molecule has 1 aliphatic rings. The quantitative estimate of drug-likeness (QED) is 0.653. The number of ketones is 1. The first-order chi connectivity index (χ1) is 14.4. The molecule has 1 aromatic carbocycles. The molecule has 0 saturated carbocycles. The predicted octanol–water partition coefficient (Wildman–Crippen LogP) is 4.58. The standard InChI is InChI=1S/C24H25N3O3/c1-14-7-8-15(2)20(11-14)30-21-10-9-17(12-25-21)13-26-24(29)23-16(3)22-18(27-23)5-4-6-19(22)28/h7-12,27H,4-6,13H2,1-3H3,(H,26,29). The number of aromatic amines is 1. The van der Waals surface area contributed by atoms with E-state index in [1.807, 2.05) is 45.0 Å². The molecule has 1 amide bonds.